The number of esters is 1. The maximum absolute atomic E-state index is 12.2. The number of anilines is 1. The highest BCUT2D eigenvalue weighted by Crippen LogP contribution is 2.28. The number of carbonyl (C=O) groups is 4. The van der Waals surface area contributed by atoms with Crippen molar-refractivity contribution in [1.29, 1.82) is 0 Å². The van der Waals surface area contributed by atoms with Gasteiger partial charge in [0.1, 0.15) is 11.5 Å². The summed E-state index contributed by atoms with van der Waals surface area (Å²) in [5.74, 6) is -0.777. The van der Waals surface area contributed by atoms with E-state index in [9.17, 15) is 19.2 Å². The summed E-state index contributed by atoms with van der Waals surface area (Å²) in [6, 6.07) is 11.0. The number of nitrogens with one attached hydrogen (secondary N) is 1. The van der Waals surface area contributed by atoms with E-state index in [-0.39, 0.29) is 23.9 Å². The molecule has 0 saturated heterocycles. The Morgan fingerprint density at radius 1 is 1.07 bits per heavy atom. The molecule has 2 aromatic carbocycles. The van der Waals surface area contributed by atoms with Crippen LogP contribution in [0.4, 0.5) is 5.69 Å². The summed E-state index contributed by atoms with van der Waals surface area (Å²) in [5, 5.41) is 2.60. The number of amides is 1. The lowest BCUT2D eigenvalue weighted by atomic mass is 10.1. The third-order valence-corrected chi connectivity index (χ3v) is 3.90. The zero-order chi connectivity index (χ0) is 20.1. The van der Waals surface area contributed by atoms with Crippen molar-refractivity contribution in [2.45, 2.75) is 6.92 Å². The Morgan fingerprint density at radius 2 is 1.89 bits per heavy atom. The van der Waals surface area contributed by atoms with Gasteiger partial charge in [-0.25, -0.2) is 4.79 Å². The molecule has 0 aromatic heterocycles. The highest BCUT2D eigenvalue weighted by Gasteiger charge is 2.18. The van der Waals surface area contributed by atoms with Crippen LogP contribution in [0.3, 0.4) is 0 Å². The van der Waals surface area contributed by atoms with Crippen LogP contribution in [0.1, 0.15) is 27.6 Å². The van der Waals surface area contributed by atoms with Crippen LogP contribution < -0.4 is 14.8 Å². The highest BCUT2D eigenvalue weighted by atomic mass is 16.6. The maximum Gasteiger partial charge on any atom is 0.344 e. The molecule has 0 bridgehead atoms. The van der Waals surface area contributed by atoms with Crippen molar-refractivity contribution in [2.75, 3.05) is 25.1 Å². The number of carbonyl (C=O) groups excluding carboxylic acids is 4. The van der Waals surface area contributed by atoms with Crippen molar-refractivity contribution in [3.8, 4) is 11.5 Å². The molecule has 0 spiro atoms. The molecule has 0 aliphatic carbocycles. The zero-order valence-electron chi connectivity index (χ0n) is 15.0. The normalized spacial score (nSPS) is 12.2. The topological polar surface area (TPSA) is 108 Å². The van der Waals surface area contributed by atoms with Crippen LogP contribution in [-0.4, -0.2) is 43.3 Å². The molecule has 8 heteroatoms. The lowest BCUT2D eigenvalue weighted by molar-refractivity contribution is -0.144. The van der Waals surface area contributed by atoms with Crippen LogP contribution in [0.5, 0.6) is 11.5 Å². The van der Waals surface area contributed by atoms with Gasteiger partial charge in [0.2, 0.25) is 0 Å². The summed E-state index contributed by atoms with van der Waals surface area (Å²) in [6.07, 6.45) is 0. The van der Waals surface area contributed by atoms with Crippen molar-refractivity contribution in [2.24, 2.45) is 0 Å². The second-order valence-electron chi connectivity index (χ2n) is 6.00. The Hall–Kier alpha value is -3.68. The molecular formula is C20H17NO7. The van der Waals surface area contributed by atoms with Crippen molar-refractivity contribution >= 4 is 29.1 Å². The Labute approximate surface area is 160 Å². The van der Waals surface area contributed by atoms with Gasteiger partial charge in [-0.05, 0) is 37.3 Å². The fraction of sp³-hybridized carbons (Fsp3) is 0.200. The van der Waals surface area contributed by atoms with Crippen LogP contribution in [0.2, 0.25) is 0 Å². The number of fused-ring (bicyclic) bond motifs is 1. The van der Waals surface area contributed by atoms with Gasteiger partial charge in [0.15, 0.2) is 31.4 Å². The van der Waals surface area contributed by atoms with Crippen LogP contribution >= 0.6 is 0 Å². The molecule has 0 unspecified atom stereocenters. The minimum absolute atomic E-state index is 0.0762. The number of rotatable bonds is 7. The van der Waals surface area contributed by atoms with Gasteiger partial charge in [-0.15, -0.1) is 0 Å². The molecule has 2 aromatic rings. The van der Waals surface area contributed by atoms with E-state index >= 15 is 0 Å². The SMILES string of the molecule is CC(=O)c1cccc(OCC(=O)OCC(=O)c2ccc3c(c2)NC(=O)CO3)c1. The summed E-state index contributed by atoms with van der Waals surface area (Å²) >= 11 is 0. The molecule has 0 fully saturated rings. The third kappa shape index (κ3) is 4.73. The monoisotopic (exact) mass is 383 g/mol. The van der Waals surface area contributed by atoms with Gasteiger partial charge in [-0.3, -0.25) is 14.4 Å². The van der Waals surface area contributed by atoms with Gasteiger partial charge >= 0.3 is 5.97 Å². The van der Waals surface area contributed by atoms with Gasteiger partial charge in [-0.2, -0.15) is 0 Å². The fourth-order valence-electron chi connectivity index (χ4n) is 2.47. The summed E-state index contributed by atoms with van der Waals surface area (Å²) in [6.45, 7) is 0.483. The standard InChI is InChI=1S/C20H17NO7/c1-12(22)13-3-2-4-15(7-13)26-11-20(25)28-9-17(23)14-5-6-18-16(8-14)21-19(24)10-27-18/h2-8H,9-11H2,1H3,(H,21,24). The summed E-state index contributed by atoms with van der Waals surface area (Å²) < 4.78 is 15.4. The van der Waals surface area contributed by atoms with Crippen molar-refractivity contribution in [1.82, 2.24) is 0 Å². The molecule has 0 atom stereocenters. The quantitative estimate of drug-likeness (QED) is 0.576. The molecule has 28 heavy (non-hydrogen) atoms. The number of hydrogen-bond acceptors (Lipinski definition) is 7. The molecule has 144 valence electrons. The summed E-state index contributed by atoms with van der Waals surface area (Å²) in [4.78, 5) is 46.7. The second kappa shape index (κ2) is 8.34. The minimum Gasteiger partial charge on any atom is -0.482 e. The number of Topliss-reactive ketones (excluding diaryl/α,β-unsaturated/α-hetero) is 2. The van der Waals surface area contributed by atoms with E-state index in [2.05, 4.69) is 5.32 Å². The Morgan fingerprint density at radius 3 is 2.68 bits per heavy atom. The molecule has 1 amide bonds. The smallest absolute Gasteiger partial charge is 0.344 e. The summed E-state index contributed by atoms with van der Waals surface area (Å²) in [5.41, 5.74) is 1.12. The van der Waals surface area contributed by atoms with Crippen LogP contribution in [0.15, 0.2) is 42.5 Å². The first-order chi connectivity index (χ1) is 13.4. The highest BCUT2D eigenvalue weighted by molar-refractivity contribution is 6.01. The van der Waals surface area contributed by atoms with E-state index in [0.29, 0.717) is 22.7 Å². The van der Waals surface area contributed by atoms with Gasteiger partial charge in [0.25, 0.3) is 5.91 Å². The fourth-order valence-corrected chi connectivity index (χ4v) is 2.47. The molecule has 1 aliphatic rings. The Kier molecular flexibility index (Phi) is 5.69. The van der Waals surface area contributed by atoms with E-state index in [1.807, 2.05) is 0 Å². The van der Waals surface area contributed by atoms with Gasteiger partial charge < -0.3 is 19.5 Å². The van der Waals surface area contributed by atoms with Crippen LogP contribution in [0.25, 0.3) is 0 Å². The predicted octanol–water partition coefficient (Wildman–Crippen LogP) is 2.02. The van der Waals surface area contributed by atoms with E-state index < -0.39 is 25.0 Å². The average Bonchev–Trinajstić information content (AvgIpc) is 2.70. The molecular weight excluding hydrogens is 366 g/mol. The van der Waals surface area contributed by atoms with Gasteiger partial charge in [0.05, 0.1) is 5.69 Å². The Bertz CT molecular complexity index is 951. The molecule has 3 rings (SSSR count). The number of ether oxygens (including phenoxy) is 3. The molecule has 1 aliphatic heterocycles. The molecule has 1 N–H and O–H groups in total. The number of hydrogen-bond donors (Lipinski definition) is 1. The molecule has 8 nitrogen and oxygen atoms in total. The van der Waals surface area contributed by atoms with Crippen LogP contribution in [0, 0.1) is 0 Å². The second-order valence-corrected chi connectivity index (χ2v) is 6.00. The number of benzene rings is 2. The van der Waals surface area contributed by atoms with E-state index in [1.165, 1.54) is 25.1 Å². The number of ketones is 2. The van der Waals surface area contributed by atoms with E-state index in [0.717, 1.165) is 0 Å². The molecule has 0 radical (unpaired) electrons. The molecule has 1 heterocycles. The third-order valence-electron chi connectivity index (χ3n) is 3.90. The Balaban J connectivity index is 1.51. The first-order valence-electron chi connectivity index (χ1n) is 8.41. The van der Waals surface area contributed by atoms with E-state index in [4.69, 9.17) is 14.2 Å². The van der Waals surface area contributed by atoms with Gasteiger partial charge in [0, 0.05) is 11.1 Å². The van der Waals surface area contributed by atoms with Gasteiger partial charge in [-0.1, -0.05) is 12.1 Å². The minimum atomic E-state index is -0.726. The predicted molar refractivity (Wildman–Crippen MR) is 97.8 cm³/mol. The van der Waals surface area contributed by atoms with Crippen molar-refractivity contribution < 1.29 is 33.4 Å². The molecule has 0 saturated carbocycles. The first kappa shape index (κ1) is 19.1. The maximum atomic E-state index is 12.2. The first-order valence-corrected chi connectivity index (χ1v) is 8.41. The summed E-state index contributed by atoms with van der Waals surface area (Å²) in [7, 11) is 0. The van der Waals surface area contributed by atoms with Crippen molar-refractivity contribution in [3.05, 3.63) is 53.6 Å². The average molecular weight is 383 g/mol. The largest absolute Gasteiger partial charge is 0.482 e. The zero-order valence-corrected chi connectivity index (χ0v) is 15.0. The van der Waals surface area contributed by atoms with E-state index in [1.54, 1.807) is 24.3 Å². The van der Waals surface area contributed by atoms with Crippen molar-refractivity contribution in [3.63, 3.8) is 0 Å². The van der Waals surface area contributed by atoms with Crippen LogP contribution in [-0.2, 0) is 14.3 Å². The lowest BCUT2D eigenvalue weighted by Crippen LogP contribution is -2.25. The lowest BCUT2D eigenvalue weighted by Gasteiger charge is -2.18.